The molecule has 1 atom stereocenters. The van der Waals surface area contributed by atoms with E-state index in [0.717, 1.165) is 23.1 Å². The molecule has 0 bridgehead atoms. The first-order valence-corrected chi connectivity index (χ1v) is 7.27. The maximum atomic E-state index is 12.0. The predicted octanol–water partition coefficient (Wildman–Crippen LogP) is 3.99. The molecule has 0 radical (unpaired) electrons. The van der Waals surface area contributed by atoms with Crippen LogP contribution in [-0.2, 0) is 16.8 Å². The molecular weight excluding hydrogens is 286 g/mol. The quantitative estimate of drug-likeness (QED) is 0.901. The number of nitrogens with one attached hydrogen (secondary N) is 1. The maximum Gasteiger partial charge on any atom is 0.334 e. The first-order valence-electron chi connectivity index (χ1n) is 6.89. The Labute approximate surface area is 128 Å². The fourth-order valence-electron chi connectivity index (χ4n) is 2.96. The van der Waals surface area contributed by atoms with Gasteiger partial charge >= 0.3 is 5.97 Å². The Hall–Kier alpha value is -2.00. The van der Waals surface area contributed by atoms with E-state index in [1.54, 1.807) is 12.1 Å². The lowest BCUT2D eigenvalue weighted by Gasteiger charge is -2.29. The van der Waals surface area contributed by atoms with E-state index in [4.69, 9.17) is 11.6 Å². The van der Waals surface area contributed by atoms with Crippen LogP contribution in [0.4, 0.5) is 5.69 Å². The van der Waals surface area contributed by atoms with Gasteiger partial charge in [0, 0.05) is 0 Å². The number of carboxylic acid groups (broad SMARTS) is 1. The maximum absolute atomic E-state index is 12.0. The van der Waals surface area contributed by atoms with Crippen LogP contribution < -0.4 is 5.32 Å². The summed E-state index contributed by atoms with van der Waals surface area (Å²) in [4.78, 5) is 12.0. The number of halogens is 1. The Morgan fingerprint density at radius 1 is 1.29 bits per heavy atom. The van der Waals surface area contributed by atoms with Gasteiger partial charge in [0.15, 0.2) is 5.54 Å². The lowest BCUT2D eigenvalue weighted by molar-refractivity contribution is -0.142. The number of rotatable bonds is 3. The van der Waals surface area contributed by atoms with E-state index in [1.807, 2.05) is 37.3 Å². The summed E-state index contributed by atoms with van der Waals surface area (Å²) in [5.41, 5.74) is 2.53. The Balaban J connectivity index is 2.10. The van der Waals surface area contributed by atoms with Crippen molar-refractivity contribution in [2.24, 2.45) is 0 Å². The smallest absolute Gasteiger partial charge is 0.334 e. The van der Waals surface area contributed by atoms with Gasteiger partial charge in [-0.1, -0.05) is 47.5 Å². The second kappa shape index (κ2) is 5.08. The van der Waals surface area contributed by atoms with Crippen molar-refractivity contribution < 1.29 is 9.90 Å². The number of hydrogen-bond acceptors (Lipinski definition) is 2. The van der Waals surface area contributed by atoms with Crippen molar-refractivity contribution >= 4 is 23.3 Å². The van der Waals surface area contributed by atoms with Crippen LogP contribution in [0.25, 0.3) is 0 Å². The SMILES string of the molecule is Cc1ccc2c(c1)C(Nc1ccccc1Cl)(C(=O)O)CC2. The average molecular weight is 302 g/mol. The fraction of sp³-hybridized carbons (Fsp3) is 0.235. The first kappa shape index (κ1) is 14.0. The molecule has 0 saturated carbocycles. The van der Waals surface area contributed by atoms with Gasteiger partial charge in [0.2, 0.25) is 0 Å². The van der Waals surface area contributed by atoms with Crippen molar-refractivity contribution in [3.63, 3.8) is 0 Å². The molecule has 21 heavy (non-hydrogen) atoms. The summed E-state index contributed by atoms with van der Waals surface area (Å²) >= 11 is 6.17. The second-order valence-electron chi connectivity index (χ2n) is 5.48. The highest BCUT2D eigenvalue weighted by Crippen LogP contribution is 2.41. The Kier molecular flexibility index (Phi) is 3.38. The molecule has 3 rings (SSSR count). The van der Waals surface area contributed by atoms with Crippen molar-refractivity contribution in [3.05, 3.63) is 64.2 Å². The standard InChI is InChI=1S/C17H16ClNO2/c1-11-6-7-12-8-9-17(16(20)21,13(12)10-11)19-15-5-3-2-4-14(15)18/h2-7,10,19H,8-9H2,1H3,(H,20,21). The minimum absolute atomic E-state index is 0.520. The molecule has 0 aliphatic heterocycles. The minimum atomic E-state index is -1.10. The Morgan fingerprint density at radius 3 is 2.76 bits per heavy atom. The van der Waals surface area contributed by atoms with Gasteiger partial charge in [-0.25, -0.2) is 4.79 Å². The molecular formula is C17H16ClNO2. The molecule has 108 valence electrons. The van der Waals surface area contributed by atoms with E-state index < -0.39 is 11.5 Å². The fourth-order valence-corrected chi connectivity index (χ4v) is 3.14. The van der Waals surface area contributed by atoms with Crippen LogP contribution in [0.1, 0.15) is 23.1 Å². The minimum Gasteiger partial charge on any atom is -0.479 e. The lowest BCUT2D eigenvalue weighted by Crippen LogP contribution is -2.41. The molecule has 2 N–H and O–H groups in total. The number of carbonyl (C=O) groups is 1. The van der Waals surface area contributed by atoms with E-state index in [-0.39, 0.29) is 0 Å². The topological polar surface area (TPSA) is 49.3 Å². The largest absolute Gasteiger partial charge is 0.479 e. The highest BCUT2D eigenvalue weighted by atomic mass is 35.5. The van der Waals surface area contributed by atoms with Crippen LogP contribution in [0, 0.1) is 6.92 Å². The number of aliphatic carboxylic acids is 1. The summed E-state index contributed by atoms with van der Waals surface area (Å²) in [5.74, 6) is -0.869. The third-order valence-electron chi connectivity index (χ3n) is 4.08. The predicted molar refractivity (Wildman–Crippen MR) is 83.9 cm³/mol. The normalized spacial score (nSPS) is 20.1. The van der Waals surface area contributed by atoms with Gasteiger partial charge in [-0.3, -0.25) is 0 Å². The summed E-state index contributed by atoms with van der Waals surface area (Å²) in [6.07, 6.45) is 1.27. The van der Waals surface area contributed by atoms with Gasteiger partial charge < -0.3 is 10.4 Å². The molecule has 0 spiro atoms. The van der Waals surface area contributed by atoms with E-state index in [2.05, 4.69) is 5.32 Å². The molecule has 2 aromatic rings. The van der Waals surface area contributed by atoms with E-state index in [0.29, 0.717) is 17.1 Å². The molecule has 1 aliphatic carbocycles. The monoisotopic (exact) mass is 301 g/mol. The molecule has 3 nitrogen and oxygen atoms in total. The molecule has 0 heterocycles. The third-order valence-corrected chi connectivity index (χ3v) is 4.41. The van der Waals surface area contributed by atoms with Gasteiger partial charge in [-0.05, 0) is 43.0 Å². The number of para-hydroxylation sites is 1. The Bertz CT molecular complexity index is 714. The lowest BCUT2D eigenvalue weighted by atomic mass is 9.90. The summed E-state index contributed by atoms with van der Waals surface area (Å²) in [5, 5.41) is 13.5. The summed E-state index contributed by atoms with van der Waals surface area (Å²) < 4.78 is 0. The molecule has 2 aromatic carbocycles. The second-order valence-corrected chi connectivity index (χ2v) is 5.88. The number of benzene rings is 2. The molecule has 4 heteroatoms. The highest BCUT2D eigenvalue weighted by Gasteiger charge is 2.46. The zero-order chi connectivity index (χ0) is 15.0. The summed E-state index contributed by atoms with van der Waals surface area (Å²) in [6, 6.07) is 13.2. The van der Waals surface area contributed by atoms with Crippen molar-refractivity contribution in [2.45, 2.75) is 25.3 Å². The highest BCUT2D eigenvalue weighted by molar-refractivity contribution is 6.33. The average Bonchev–Trinajstić information content (AvgIpc) is 2.81. The van der Waals surface area contributed by atoms with Crippen LogP contribution in [0.2, 0.25) is 5.02 Å². The van der Waals surface area contributed by atoms with Crippen LogP contribution in [0.5, 0.6) is 0 Å². The zero-order valence-electron chi connectivity index (χ0n) is 11.7. The zero-order valence-corrected chi connectivity index (χ0v) is 12.4. The van der Waals surface area contributed by atoms with Crippen LogP contribution >= 0.6 is 11.6 Å². The third kappa shape index (κ3) is 2.28. The van der Waals surface area contributed by atoms with Gasteiger partial charge in [-0.15, -0.1) is 0 Å². The number of fused-ring (bicyclic) bond motifs is 1. The summed E-state index contributed by atoms with van der Waals surface area (Å²) in [6.45, 7) is 1.97. The molecule has 0 amide bonds. The molecule has 0 fully saturated rings. The van der Waals surface area contributed by atoms with Gasteiger partial charge in [0.05, 0.1) is 10.7 Å². The van der Waals surface area contributed by atoms with Crippen LogP contribution in [-0.4, -0.2) is 11.1 Å². The number of hydrogen-bond donors (Lipinski definition) is 2. The van der Waals surface area contributed by atoms with Gasteiger partial charge in [0.1, 0.15) is 0 Å². The van der Waals surface area contributed by atoms with E-state index >= 15 is 0 Å². The number of carboxylic acids is 1. The van der Waals surface area contributed by atoms with Crippen LogP contribution in [0.15, 0.2) is 42.5 Å². The molecule has 1 aliphatic rings. The van der Waals surface area contributed by atoms with E-state index in [9.17, 15) is 9.90 Å². The molecule has 1 unspecified atom stereocenters. The van der Waals surface area contributed by atoms with Crippen molar-refractivity contribution in [3.8, 4) is 0 Å². The Morgan fingerprint density at radius 2 is 2.05 bits per heavy atom. The van der Waals surface area contributed by atoms with E-state index in [1.165, 1.54) is 0 Å². The van der Waals surface area contributed by atoms with Crippen molar-refractivity contribution in [1.29, 1.82) is 0 Å². The summed E-state index contributed by atoms with van der Waals surface area (Å²) in [7, 11) is 0. The number of anilines is 1. The van der Waals surface area contributed by atoms with Gasteiger partial charge in [0.25, 0.3) is 0 Å². The number of aryl methyl sites for hydroxylation is 2. The van der Waals surface area contributed by atoms with Gasteiger partial charge in [-0.2, -0.15) is 0 Å². The van der Waals surface area contributed by atoms with Crippen LogP contribution in [0.3, 0.4) is 0 Å². The molecule has 0 aromatic heterocycles. The molecule has 0 saturated heterocycles. The van der Waals surface area contributed by atoms with Crippen molar-refractivity contribution in [2.75, 3.05) is 5.32 Å². The van der Waals surface area contributed by atoms with Crippen molar-refractivity contribution in [1.82, 2.24) is 0 Å². The first-order chi connectivity index (χ1) is 10.0.